The molecule has 0 bridgehead atoms. The van der Waals surface area contributed by atoms with Crippen molar-refractivity contribution in [1.82, 2.24) is 9.78 Å². The average molecular weight is 428 g/mol. The van der Waals surface area contributed by atoms with Crippen LogP contribution in [-0.2, 0) is 17.9 Å². The van der Waals surface area contributed by atoms with E-state index in [9.17, 15) is 4.79 Å². The Labute approximate surface area is 167 Å². The fourth-order valence-electron chi connectivity index (χ4n) is 2.88. The molecular weight excluding hydrogens is 406 g/mol. The second-order valence-electron chi connectivity index (χ2n) is 6.27. The van der Waals surface area contributed by atoms with Gasteiger partial charge >= 0.3 is 0 Å². The highest BCUT2D eigenvalue weighted by atomic mass is 79.9. The first kappa shape index (κ1) is 19.3. The number of rotatable bonds is 7. The van der Waals surface area contributed by atoms with E-state index in [4.69, 9.17) is 4.74 Å². The van der Waals surface area contributed by atoms with Gasteiger partial charge in [-0.2, -0.15) is 5.10 Å². The maximum atomic E-state index is 12.9. The Hall–Kier alpha value is -2.44. The summed E-state index contributed by atoms with van der Waals surface area (Å²) in [7, 11) is 1.78. The van der Waals surface area contributed by atoms with Crippen molar-refractivity contribution in [3.05, 3.63) is 82.1 Å². The van der Waals surface area contributed by atoms with Crippen LogP contribution in [0.5, 0.6) is 0 Å². The second-order valence-corrected chi connectivity index (χ2v) is 7.19. The van der Waals surface area contributed by atoms with Crippen LogP contribution in [0.15, 0.2) is 65.3 Å². The molecule has 0 radical (unpaired) electrons. The van der Waals surface area contributed by atoms with E-state index in [2.05, 4.69) is 21.0 Å². The topological polar surface area (TPSA) is 47.4 Å². The molecule has 0 unspecified atom stereocenters. The second kappa shape index (κ2) is 8.97. The molecule has 3 aromatic rings. The minimum Gasteiger partial charge on any atom is -0.375 e. The van der Waals surface area contributed by atoms with Crippen molar-refractivity contribution in [2.24, 2.45) is 0 Å². The Morgan fingerprint density at radius 3 is 2.70 bits per heavy atom. The third-order valence-electron chi connectivity index (χ3n) is 4.32. The van der Waals surface area contributed by atoms with Crippen molar-refractivity contribution in [3.63, 3.8) is 0 Å². The molecule has 3 rings (SSSR count). The molecule has 0 N–H and O–H groups in total. The Balaban J connectivity index is 1.62. The van der Waals surface area contributed by atoms with Gasteiger partial charge in [0.2, 0.25) is 0 Å². The summed E-state index contributed by atoms with van der Waals surface area (Å²) in [6.07, 6.45) is 1.65. The van der Waals surface area contributed by atoms with Crippen molar-refractivity contribution in [2.45, 2.75) is 20.1 Å². The first-order valence-electron chi connectivity index (χ1n) is 8.74. The molecule has 6 heteroatoms. The summed E-state index contributed by atoms with van der Waals surface area (Å²) in [6.45, 7) is 3.54. The number of hydrogen-bond donors (Lipinski definition) is 0. The van der Waals surface area contributed by atoms with Crippen LogP contribution in [0.2, 0.25) is 0 Å². The number of amides is 1. The van der Waals surface area contributed by atoms with Crippen LogP contribution < -0.4 is 4.90 Å². The number of carbonyl (C=O) groups is 1. The van der Waals surface area contributed by atoms with Crippen LogP contribution in [0.4, 0.5) is 5.69 Å². The monoisotopic (exact) mass is 427 g/mol. The van der Waals surface area contributed by atoms with Crippen LogP contribution in [0, 0.1) is 6.92 Å². The lowest BCUT2D eigenvalue weighted by Crippen LogP contribution is -2.29. The van der Waals surface area contributed by atoms with Crippen molar-refractivity contribution in [1.29, 1.82) is 0 Å². The van der Waals surface area contributed by atoms with Gasteiger partial charge in [0.1, 0.15) is 5.69 Å². The summed E-state index contributed by atoms with van der Waals surface area (Å²) in [6, 6.07) is 17.6. The van der Waals surface area contributed by atoms with E-state index >= 15 is 0 Å². The van der Waals surface area contributed by atoms with Crippen LogP contribution in [0.1, 0.15) is 21.6 Å². The summed E-state index contributed by atoms with van der Waals surface area (Å²) < 4.78 is 8.40. The van der Waals surface area contributed by atoms with Gasteiger partial charge in [0, 0.05) is 23.4 Å². The molecule has 0 aliphatic rings. The van der Waals surface area contributed by atoms with Gasteiger partial charge in [-0.3, -0.25) is 9.48 Å². The van der Waals surface area contributed by atoms with Gasteiger partial charge in [-0.1, -0.05) is 46.3 Å². The first-order chi connectivity index (χ1) is 13.1. The molecule has 27 heavy (non-hydrogen) atoms. The van der Waals surface area contributed by atoms with Gasteiger partial charge in [-0.05, 0) is 42.3 Å². The molecule has 0 atom stereocenters. The molecule has 0 fully saturated rings. The van der Waals surface area contributed by atoms with E-state index in [1.54, 1.807) is 28.9 Å². The lowest BCUT2D eigenvalue weighted by atomic mass is 10.2. The Morgan fingerprint density at radius 2 is 1.96 bits per heavy atom. The van der Waals surface area contributed by atoms with Gasteiger partial charge in [-0.15, -0.1) is 0 Å². The van der Waals surface area contributed by atoms with Gasteiger partial charge in [0.15, 0.2) is 0 Å². The Morgan fingerprint density at radius 1 is 1.19 bits per heavy atom. The minimum absolute atomic E-state index is 0.0963. The van der Waals surface area contributed by atoms with Gasteiger partial charge in [-0.25, -0.2) is 0 Å². The number of nitrogens with zero attached hydrogens (tertiary/aromatic N) is 3. The molecule has 1 aromatic heterocycles. The predicted octanol–water partition coefficient (Wildman–Crippen LogP) is 4.45. The highest BCUT2D eigenvalue weighted by Crippen LogP contribution is 2.24. The van der Waals surface area contributed by atoms with Crippen LogP contribution in [0.3, 0.4) is 0 Å². The zero-order valence-corrected chi connectivity index (χ0v) is 17.0. The van der Waals surface area contributed by atoms with E-state index in [-0.39, 0.29) is 5.91 Å². The number of carbonyl (C=O) groups excluding carboxylic acids is 1. The molecule has 0 aliphatic heterocycles. The van der Waals surface area contributed by atoms with E-state index in [1.807, 2.05) is 55.5 Å². The third-order valence-corrected chi connectivity index (χ3v) is 4.81. The average Bonchev–Trinajstić information content (AvgIpc) is 3.13. The van der Waals surface area contributed by atoms with E-state index in [0.717, 1.165) is 21.3 Å². The summed E-state index contributed by atoms with van der Waals surface area (Å²) in [5, 5.41) is 4.28. The summed E-state index contributed by atoms with van der Waals surface area (Å²) >= 11 is 3.45. The predicted molar refractivity (Wildman–Crippen MR) is 110 cm³/mol. The van der Waals surface area contributed by atoms with Crippen molar-refractivity contribution in [2.75, 3.05) is 18.6 Å². The van der Waals surface area contributed by atoms with Gasteiger partial charge < -0.3 is 9.64 Å². The largest absolute Gasteiger partial charge is 0.375 e. The quantitative estimate of drug-likeness (QED) is 0.523. The lowest BCUT2D eigenvalue weighted by Gasteiger charge is -2.20. The SMILES string of the molecule is Cc1cc(Br)ccc1N(C)C(=O)c1ccnn1CCOCc1ccccc1. The molecule has 140 valence electrons. The number of aryl methyl sites for hydroxylation is 1. The number of halogens is 1. The summed E-state index contributed by atoms with van der Waals surface area (Å²) in [5.74, 6) is -0.0963. The molecule has 2 aromatic carbocycles. The zero-order valence-electron chi connectivity index (χ0n) is 15.4. The first-order valence-corrected chi connectivity index (χ1v) is 9.53. The number of benzene rings is 2. The molecule has 0 spiro atoms. The molecule has 0 saturated heterocycles. The molecule has 5 nitrogen and oxygen atoms in total. The molecule has 1 amide bonds. The van der Waals surface area contributed by atoms with Crippen LogP contribution >= 0.6 is 15.9 Å². The Kier molecular flexibility index (Phi) is 6.42. The standard InChI is InChI=1S/C21H22BrN3O2/c1-16-14-18(22)8-9-19(16)24(2)21(26)20-10-11-23-25(20)12-13-27-15-17-6-4-3-5-7-17/h3-11,14H,12-13,15H2,1-2H3. The third kappa shape index (κ3) is 4.84. The highest BCUT2D eigenvalue weighted by Gasteiger charge is 2.19. The molecule has 0 aliphatic carbocycles. The normalized spacial score (nSPS) is 10.8. The smallest absolute Gasteiger partial charge is 0.276 e. The fourth-order valence-corrected chi connectivity index (χ4v) is 3.36. The van der Waals surface area contributed by atoms with Crippen molar-refractivity contribution in [3.8, 4) is 0 Å². The maximum Gasteiger partial charge on any atom is 0.276 e. The van der Waals surface area contributed by atoms with Crippen molar-refractivity contribution >= 4 is 27.5 Å². The number of anilines is 1. The van der Waals surface area contributed by atoms with E-state index < -0.39 is 0 Å². The Bertz CT molecular complexity index is 909. The summed E-state index contributed by atoms with van der Waals surface area (Å²) in [5.41, 5.74) is 3.57. The van der Waals surface area contributed by atoms with Crippen molar-refractivity contribution < 1.29 is 9.53 Å². The fraction of sp³-hybridized carbons (Fsp3) is 0.238. The summed E-state index contributed by atoms with van der Waals surface area (Å²) in [4.78, 5) is 14.6. The van der Waals surface area contributed by atoms with E-state index in [1.165, 1.54) is 0 Å². The minimum atomic E-state index is -0.0963. The van der Waals surface area contributed by atoms with Gasteiger partial charge in [0.25, 0.3) is 5.91 Å². The van der Waals surface area contributed by atoms with Crippen LogP contribution in [0.25, 0.3) is 0 Å². The number of hydrogen-bond acceptors (Lipinski definition) is 3. The number of ether oxygens (including phenoxy) is 1. The molecular formula is C21H22BrN3O2. The number of aromatic nitrogens is 2. The highest BCUT2D eigenvalue weighted by molar-refractivity contribution is 9.10. The zero-order chi connectivity index (χ0) is 19.2. The molecule has 1 heterocycles. The van der Waals surface area contributed by atoms with Crippen LogP contribution in [-0.4, -0.2) is 29.3 Å². The molecule has 0 saturated carbocycles. The maximum absolute atomic E-state index is 12.9. The lowest BCUT2D eigenvalue weighted by molar-refractivity contribution is 0.0961. The van der Waals surface area contributed by atoms with E-state index in [0.29, 0.717) is 25.5 Å². The van der Waals surface area contributed by atoms with Gasteiger partial charge in [0.05, 0.1) is 19.8 Å².